The molecule has 0 aliphatic carbocycles. The molecule has 3 aromatic rings. The quantitative estimate of drug-likeness (QED) is 0.614. The van der Waals surface area contributed by atoms with Crippen LogP contribution >= 0.6 is 11.6 Å². The van der Waals surface area contributed by atoms with Crippen LogP contribution in [0.1, 0.15) is 11.3 Å². The van der Waals surface area contributed by atoms with Gasteiger partial charge in [0.1, 0.15) is 23.0 Å². The average molecular weight is 379 g/mol. The Labute approximate surface area is 161 Å². The summed E-state index contributed by atoms with van der Waals surface area (Å²) in [5, 5.41) is 0.617. The molecule has 5 nitrogen and oxygen atoms in total. The second kappa shape index (κ2) is 7.13. The van der Waals surface area contributed by atoms with Gasteiger partial charge in [0.2, 0.25) is 0 Å². The second-order valence-corrected chi connectivity index (χ2v) is 6.26. The average Bonchev–Trinajstić information content (AvgIpc) is 3.31. The fraction of sp³-hybridized carbons (Fsp3) is 0.0476. The molecule has 4 rings (SSSR count). The molecule has 0 unspecified atom stereocenters. The van der Waals surface area contributed by atoms with Crippen LogP contribution in [0.2, 0.25) is 5.02 Å². The van der Waals surface area contributed by atoms with Crippen LogP contribution in [0.15, 0.2) is 82.0 Å². The number of rotatable bonds is 4. The standard InChI is InChI=1S/C21H15ClN2O3/c1-26-17-10-8-16(9-11-17)24-20(14-4-6-15(22)7-5-14)23-19(21(24)25)13-18-3-2-12-27-18/h2-13H,1H3/b19-13+. The van der Waals surface area contributed by atoms with Crippen molar-refractivity contribution < 1.29 is 13.9 Å². The number of hydrogen-bond acceptors (Lipinski definition) is 4. The van der Waals surface area contributed by atoms with Gasteiger partial charge in [-0.05, 0) is 60.7 Å². The van der Waals surface area contributed by atoms with Crippen molar-refractivity contribution in [1.29, 1.82) is 0 Å². The molecule has 0 bridgehead atoms. The predicted octanol–water partition coefficient (Wildman–Crippen LogP) is 4.78. The van der Waals surface area contributed by atoms with Gasteiger partial charge >= 0.3 is 0 Å². The lowest BCUT2D eigenvalue weighted by Crippen LogP contribution is -2.32. The normalized spacial score (nSPS) is 15.3. The molecule has 1 aromatic heterocycles. The van der Waals surface area contributed by atoms with E-state index in [-0.39, 0.29) is 5.91 Å². The lowest BCUT2D eigenvalue weighted by Gasteiger charge is -2.19. The summed E-state index contributed by atoms with van der Waals surface area (Å²) in [5.74, 6) is 1.57. The Kier molecular flexibility index (Phi) is 4.52. The summed E-state index contributed by atoms with van der Waals surface area (Å²) in [5.41, 5.74) is 1.77. The van der Waals surface area contributed by atoms with E-state index < -0.39 is 0 Å². The Morgan fingerprint density at radius 1 is 1.07 bits per heavy atom. The molecule has 0 spiro atoms. The lowest BCUT2D eigenvalue weighted by atomic mass is 10.1. The molecule has 0 saturated heterocycles. The second-order valence-electron chi connectivity index (χ2n) is 5.83. The molecule has 27 heavy (non-hydrogen) atoms. The highest BCUT2D eigenvalue weighted by Gasteiger charge is 2.32. The molecule has 1 aliphatic heterocycles. The van der Waals surface area contributed by atoms with E-state index in [4.69, 9.17) is 20.8 Å². The number of amides is 1. The van der Waals surface area contributed by atoms with Gasteiger partial charge in [-0.15, -0.1) is 0 Å². The number of anilines is 1. The number of carbonyl (C=O) groups excluding carboxylic acids is 1. The molecule has 134 valence electrons. The monoisotopic (exact) mass is 378 g/mol. The van der Waals surface area contributed by atoms with Gasteiger partial charge in [0, 0.05) is 16.7 Å². The highest BCUT2D eigenvalue weighted by atomic mass is 35.5. The number of aliphatic imine (C=N–C) groups is 1. The summed E-state index contributed by atoms with van der Waals surface area (Å²) in [6.45, 7) is 0. The van der Waals surface area contributed by atoms with Crippen molar-refractivity contribution in [1.82, 2.24) is 0 Å². The van der Waals surface area contributed by atoms with Crippen LogP contribution in [-0.2, 0) is 4.79 Å². The molecule has 0 fully saturated rings. The summed E-state index contributed by atoms with van der Waals surface area (Å²) in [7, 11) is 1.60. The van der Waals surface area contributed by atoms with Crippen LogP contribution in [0.5, 0.6) is 5.75 Å². The van der Waals surface area contributed by atoms with Crippen molar-refractivity contribution in [2.24, 2.45) is 4.99 Å². The van der Waals surface area contributed by atoms with E-state index >= 15 is 0 Å². The molecule has 1 amide bonds. The zero-order chi connectivity index (χ0) is 18.8. The Balaban J connectivity index is 1.80. The lowest BCUT2D eigenvalue weighted by molar-refractivity contribution is -0.113. The predicted molar refractivity (Wildman–Crippen MR) is 105 cm³/mol. The van der Waals surface area contributed by atoms with E-state index in [2.05, 4.69) is 4.99 Å². The van der Waals surface area contributed by atoms with E-state index in [9.17, 15) is 4.79 Å². The van der Waals surface area contributed by atoms with Gasteiger partial charge in [-0.3, -0.25) is 9.69 Å². The summed E-state index contributed by atoms with van der Waals surface area (Å²) in [6.07, 6.45) is 3.18. The van der Waals surface area contributed by atoms with Crippen LogP contribution in [0, 0.1) is 0 Å². The van der Waals surface area contributed by atoms with Crippen LogP contribution in [0.3, 0.4) is 0 Å². The van der Waals surface area contributed by atoms with E-state index in [0.29, 0.717) is 33.8 Å². The van der Waals surface area contributed by atoms with Crippen LogP contribution in [0.25, 0.3) is 6.08 Å². The van der Waals surface area contributed by atoms with E-state index in [1.807, 2.05) is 24.3 Å². The van der Waals surface area contributed by atoms with Crippen LogP contribution < -0.4 is 9.64 Å². The molecular weight excluding hydrogens is 364 g/mol. The first-order valence-corrected chi connectivity index (χ1v) is 8.62. The fourth-order valence-corrected chi connectivity index (χ4v) is 2.91. The fourth-order valence-electron chi connectivity index (χ4n) is 2.79. The molecule has 2 heterocycles. The number of halogens is 1. The zero-order valence-corrected chi connectivity index (χ0v) is 15.2. The maximum atomic E-state index is 13.1. The third-order valence-corrected chi connectivity index (χ3v) is 4.37. The molecule has 1 aliphatic rings. The smallest absolute Gasteiger partial charge is 0.282 e. The Morgan fingerprint density at radius 3 is 2.44 bits per heavy atom. The van der Waals surface area contributed by atoms with Crippen molar-refractivity contribution in [3.63, 3.8) is 0 Å². The topological polar surface area (TPSA) is 55.0 Å². The summed E-state index contributed by atoms with van der Waals surface area (Å²) < 4.78 is 10.5. The maximum absolute atomic E-state index is 13.1. The van der Waals surface area contributed by atoms with Crippen molar-refractivity contribution in [2.75, 3.05) is 12.0 Å². The Morgan fingerprint density at radius 2 is 1.81 bits per heavy atom. The Hall–Kier alpha value is -3.31. The van der Waals surface area contributed by atoms with E-state index in [1.54, 1.807) is 60.7 Å². The number of methoxy groups -OCH3 is 1. The minimum absolute atomic E-state index is 0.235. The number of benzene rings is 2. The zero-order valence-electron chi connectivity index (χ0n) is 14.4. The maximum Gasteiger partial charge on any atom is 0.282 e. The van der Waals surface area contributed by atoms with Crippen molar-refractivity contribution >= 4 is 35.1 Å². The van der Waals surface area contributed by atoms with Gasteiger partial charge in [-0.25, -0.2) is 4.99 Å². The van der Waals surface area contributed by atoms with Crippen molar-refractivity contribution in [2.45, 2.75) is 0 Å². The number of carbonyl (C=O) groups is 1. The number of hydrogen-bond donors (Lipinski definition) is 0. The van der Waals surface area contributed by atoms with Gasteiger partial charge in [0.25, 0.3) is 5.91 Å². The molecule has 0 N–H and O–H groups in total. The molecule has 2 aromatic carbocycles. The Bertz CT molecular complexity index is 1020. The van der Waals surface area contributed by atoms with Gasteiger partial charge < -0.3 is 9.15 Å². The molecular formula is C21H15ClN2O3. The van der Waals surface area contributed by atoms with Gasteiger partial charge in [0.05, 0.1) is 19.1 Å². The van der Waals surface area contributed by atoms with Gasteiger partial charge in [-0.1, -0.05) is 11.6 Å². The van der Waals surface area contributed by atoms with Crippen molar-refractivity contribution in [3.8, 4) is 5.75 Å². The van der Waals surface area contributed by atoms with Crippen molar-refractivity contribution in [3.05, 3.63) is 89.0 Å². The first kappa shape index (κ1) is 17.1. The molecule has 0 radical (unpaired) electrons. The molecule has 0 atom stereocenters. The third-order valence-electron chi connectivity index (χ3n) is 4.12. The van der Waals surface area contributed by atoms with E-state index in [0.717, 1.165) is 5.56 Å². The SMILES string of the molecule is COc1ccc(N2C(=O)/C(=C\c3ccco3)N=C2c2ccc(Cl)cc2)cc1. The highest BCUT2D eigenvalue weighted by molar-refractivity contribution is 6.34. The number of amidine groups is 1. The summed E-state index contributed by atoms with van der Waals surface area (Å²) in [6, 6.07) is 18.0. The molecule has 0 saturated carbocycles. The highest BCUT2D eigenvalue weighted by Crippen LogP contribution is 2.29. The minimum atomic E-state index is -0.235. The van der Waals surface area contributed by atoms with E-state index in [1.165, 1.54) is 0 Å². The first-order valence-electron chi connectivity index (χ1n) is 8.24. The molecule has 6 heteroatoms. The minimum Gasteiger partial charge on any atom is -0.497 e. The summed E-state index contributed by atoms with van der Waals surface area (Å²) in [4.78, 5) is 19.2. The summed E-state index contributed by atoms with van der Waals surface area (Å²) >= 11 is 6.00. The third kappa shape index (κ3) is 3.37. The largest absolute Gasteiger partial charge is 0.497 e. The number of furan rings is 1. The van der Waals surface area contributed by atoms with Gasteiger partial charge in [0.15, 0.2) is 0 Å². The van der Waals surface area contributed by atoms with Crippen LogP contribution in [-0.4, -0.2) is 18.9 Å². The van der Waals surface area contributed by atoms with Gasteiger partial charge in [-0.2, -0.15) is 0 Å². The number of nitrogens with zero attached hydrogens (tertiary/aromatic N) is 2. The first-order chi connectivity index (χ1) is 13.2. The van der Waals surface area contributed by atoms with Crippen LogP contribution in [0.4, 0.5) is 5.69 Å². The number of ether oxygens (including phenoxy) is 1.